The molecule has 0 aliphatic carbocycles. The van der Waals surface area contributed by atoms with E-state index in [0.717, 1.165) is 0 Å². The number of aliphatic hydroxyl groups is 3. The molecule has 1 heterocycles. The molecule has 4 nitrogen and oxygen atoms in total. The van der Waals surface area contributed by atoms with Gasteiger partial charge in [-0.1, -0.05) is 6.92 Å². The highest BCUT2D eigenvalue weighted by molar-refractivity contribution is 6.15. The number of hydrogen-bond acceptors (Lipinski definition) is 4. The predicted molar refractivity (Wildman–Crippen MR) is 50.1 cm³/mol. The average molecular weight is 188 g/mol. The molecule has 1 rings (SSSR count). The topological polar surface area (TPSA) is 69.9 Å². The fourth-order valence-electron chi connectivity index (χ4n) is 1.90. The van der Waals surface area contributed by atoms with Gasteiger partial charge in [0.15, 0.2) is 0 Å². The third kappa shape index (κ3) is 1.40. The molecule has 1 aliphatic heterocycles. The standard InChI is InChI=1S/C8H17BO4/c1-5(11)7(2)6(3-10)13-4-8(7,9)12/h5-6,10-12H,3-4,9H2,1-2H3/t5-,6?,7+,8+/m0/s1. The van der Waals surface area contributed by atoms with Crippen LogP contribution in [-0.4, -0.2) is 54.1 Å². The van der Waals surface area contributed by atoms with E-state index in [1.165, 1.54) is 0 Å². The number of aliphatic hydroxyl groups excluding tert-OH is 2. The van der Waals surface area contributed by atoms with Gasteiger partial charge in [-0.25, -0.2) is 0 Å². The van der Waals surface area contributed by atoms with Crippen molar-refractivity contribution in [1.82, 2.24) is 0 Å². The molecule has 3 N–H and O–H groups in total. The Balaban J connectivity index is 2.98. The highest BCUT2D eigenvalue weighted by Gasteiger charge is 2.57. The lowest BCUT2D eigenvalue weighted by Gasteiger charge is -2.40. The van der Waals surface area contributed by atoms with Crippen molar-refractivity contribution in [2.45, 2.75) is 31.6 Å². The van der Waals surface area contributed by atoms with E-state index in [0.29, 0.717) is 0 Å². The minimum Gasteiger partial charge on any atom is -0.396 e. The van der Waals surface area contributed by atoms with Crippen LogP contribution in [0.1, 0.15) is 13.8 Å². The van der Waals surface area contributed by atoms with Crippen LogP contribution in [-0.2, 0) is 4.74 Å². The van der Waals surface area contributed by atoms with Crippen molar-refractivity contribution in [3.8, 4) is 0 Å². The molecule has 1 fully saturated rings. The Morgan fingerprint density at radius 2 is 2.23 bits per heavy atom. The second-order valence-corrected chi connectivity index (χ2v) is 4.21. The molecule has 76 valence electrons. The lowest BCUT2D eigenvalue weighted by Crippen LogP contribution is -2.55. The Morgan fingerprint density at radius 1 is 1.69 bits per heavy atom. The fraction of sp³-hybridized carbons (Fsp3) is 1.00. The Hall–Kier alpha value is -0.0951. The molecule has 0 aromatic heterocycles. The average Bonchev–Trinajstić information content (AvgIpc) is 2.25. The van der Waals surface area contributed by atoms with Gasteiger partial charge in [-0.3, -0.25) is 0 Å². The van der Waals surface area contributed by atoms with Crippen LogP contribution < -0.4 is 0 Å². The van der Waals surface area contributed by atoms with Crippen LogP contribution in [0.25, 0.3) is 0 Å². The van der Waals surface area contributed by atoms with Crippen LogP contribution in [0.15, 0.2) is 0 Å². The van der Waals surface area contributed by atoms with Gasteiger partial charge in [0.05, 0.1) is 30.9 Å². The van der Waals surface area contributed by atoms with Crippen molar-refractivity contribution in [3.63, 3.8) is 0 Å². The maximum atomic E-state index is 9.99. The molecule has 5 heteroatoms. The molecule has 0 spiro atoms. The lowest BCUT2D eigenvalue weighted by molar-refractivity contribution is -0.0818. The van der Waals surface area contributed by atoms with Crippen LogP contribution in [0, 0.1) is 5.41 Å². The number of ether oxygens (including phenoxy) is 1. The van der Waals surface area contributed by atoms with E-state index in [1.54, 1.807) is 21.7 Å². The first-order chi connectivity index (χ1) is 5.86. The molecule has 0 amide bonds. The van der Waals surface area contributed by atoms with Crippen molar-refractivity contribution in [2.75, 3.05) is 13.2 Å². The zero-order chi connectivity index (χ0) is 10.3. The smallest absolute Gasteiger partial charge is 0.147 e. The summed E-state index contributed by atoms with van der Waals surface area (Å²) in [5.41, 5.74) is -1.89. The zero-order valence-electron chi connectivity index (χ0n) is 8.32. The van der Waals surface area contributed by atoms with E-state index < -0.39 is 23.1 Å². The van der Waals surface area contributed by atoms with E-state index in [2.05, 4.69) is 0 Å². The first-order valence-corrected chi connectivity index (χ1v) is 4.49. The van der Waals surface area contributed by atoms with Crippen molar-refractivity contribution >= 4 is 7.85 Å². The SMILES string of the molecule is B[C@@]1(O)COC(CO)[C@@]1(C)[C@H](C)O. The van der Waals surface area contributed by atoms with Crippen molar-refractivity contribution in [2.24, 2.45) is 5.41 Å². The van der Waals surface area contributed by atoms with Gasteiger partial charge in [-0.15, -0.1) is 0 Å². The molecule has 13 heavy (non-hydrogen) atoms. The van der Waals surface area contributed by atoms with Gasteiger partial charge in [0.25, 0.3) is 0 Å². The van der Waals surface area contributed by atoms with Crippen LogP contribution in [0.3, 0.4) is 0 Å². The first-order valence-electron chi connectivity index (χ1n) is 4.49. The van der Waals surface area contributed by atoms with Crippen molar-refractivity contribution < 1.29 is 20.1 Å². The van der Waals surface area contributed by atoms with Crippen molar-refractivity contribution in [3.05, 3.63) is 0 Å². The van der Waals surface area contributed by atoms with Crippen molar-refractivity contribution in [1.29, 1.82) is 0 Å². The normalized spacial score (nSPS) is 47.9. The Kier molecular flexibility index (Phi) is 2.74. The summed E-state index contributed by atoms with van der Waals surface area (Å²) < 4.78 is 5.23. The van der Waals surface area contributed by atoms with Gasteiger partial charge >= 0.3 is 0 Å². The summed E-state index contributed by atoms with van der Waals surface area (Å²) in [6.07, 6.45) is -1.22. The maximum Gasteiger partial charge on any atom is 0.147 e. The Morgan fingerprint density at radius 3 is 2.54 bits per heavy atom. The summed E-state index contributed by atoms with van der Waals surface area (Å²) in [6.45, 7) is 3.30. The summed E-state index contributed by atoms with van der Waals surface area (Å²) in [5.74, 6) is 0. The monoisotopic (exact) mass is 188 g/mol. The fourth-order valence-corrected chi connectivity index (χ4v) is 1.90. The summed E-state index contributed by atoms with van der Waals surface area (Å²) in [5, 5.41) is 28.6. The van der Waals surface area contributed by atoms with Gasteiger partial charge in [0.1, 0.15) is 7.85 Å². The van der Waals surface area contributed by atoms with E-state index in [-0.39, 0.29) is 13.2 Å². The Bertz CT molecular complexity index is 195. The van der Waals surface area contributed by atoms with Gasteiger partial charge < -0.3 is 20.1 Å². The molecule has 1 aliphatic rings. The van der Waals surface area contributed by atoms with Crippen LogP contribution >= 0.6 is 0 Å². The van der Waals surface area contributed by atoms with Gasteiger partial charge in [-0.05, 0) is 6.92 Å². The number of hydrogen-bond donors (Lipinski definition) is 3. The molecule has 1 unspecified atom stereocenters. The molecule has 0 aromatic rings. The highest BCUT2D eigenvalue weighted by atomic mass is 16.5. The summed E-state index contributed by atoms with van der Waals surface area (Å²) in [6, 6.07) is 0. The van der Waals surface area contributed by atoms with E-state index in [4.69, 9.17) is 9.84 Å². The molecule has 0 aromatic carbocycles. The molecule has 0 saturated carbocycles. The Labute approximate surface area is 78.9 Å². The maximum absolute atomic E-state index is 9.99. The minimum absolute atomic E-state index is 0.152. The second kappa shape index (κ2) is 3.24. The van der Waals surface area contributed by atoms with Crippen LogP contribution in [0.2, 0.25) is 0 Å². The lowest BCUT2D eigenvalue weighted by atomic mass is 9.59. The molecule has 0 bridgehead atoms. The summed E-state index contributed by atoms with van der Waals surface area (Å²) in [7, 11) is 1.62. The zero-order valence-corrected chi connectivity index (χ0v) is 8.32. The van der Waals surface area contributed by atoms with Gasteiger partial charge in [0.2, 0.25) is 0 Å². The van der Waals surface area contributed by atoms with Crippen LogP contribution in [0.4, 0.5) is 0 Å². The quantitative estimate of drug-likeness (QED) is 0.442. The predicted octanol–water partition coefficient (Wildman–Crippen LogP) is -1.91. The summed E-state index contributed by atoms with van der Waals surface area (Å²) in [4.78, 5) is 0. The molecular weight excluding hydrogens is 171 g/mol. The third-order valence-corrected chi connectivity index (χ3v) is 3.43. The van der Waals surface area contributed by atoms with E-state index in [1.807, 2.05) is 0 Å². The molecular formula is C8H17BO4. The largest absolute Gasteiger partial charge is 0.396 e. The van der Waals surface area contributed by atoms with Crippen LogP contribution in [0.5, 0.6) is 0 Å². The molecule has 1 saturated heterocycles. The molecule has 4 atom stereocenters. The van der Waals surface area contributed by atoms with Gasteiger partial charge in [0, 0.05) is 5.41 Å². The van der Waals surface area contributed by atoms with E-state index >= 15 is 0 Å². The van der Waals surface area contributed by atoms with E-state index in [9.17, 15) is 10.2 Å². The number of rotatable bonds is 2. The first kappa shape index (κ1) is 11.0. The third-order valence-electron chi connectivity index (χ3n) is 3.43. The minimum atomic E-state index is -1.09. The highest BCUT2D eigenvalue weighted by Crippen LogP contribution is 2.43. The summed E-state index contributed by atoms with van der Waals surface area (Å²) >= 11 is 0. The van der Waals surface area contributed by atoms with Gasteiger partial charge in [-0.2, -0.15) is 0 Å². The molecule has 0 radical (unpaired) electrons. The second-order valence-electron chi connectivity index (χ2n) is 4.21.